The molecule has 0 fully saturated rings. The number of nitrogens with zero attached hydrogens (tertiary/aromatic N) is 1. The van der Waals surface area contributed by atoms with E-state index in [1.54, 1.807) is 0 Å². The molecular formula is C15H22N2O2. The van der Waals surface area contributed by atoms with Gasteiger partial charge in [0.05, 0.1) is 0 Å². The van der Waals surface area contributed by atoms with Crippen LogP contribution in [-0.2, 0) is 17.8 Å². The van der Waals surface area contributed by atoms with Crippen molar-refractivity contribution in [2.75, 3.05) is 0 Å². The van der Waals surface area contributed by atoms with Gasteiger partial charge in [-0.1, -0.05) is 13.8 Å². The highest BCUT2D eigenvalue weighted by molar-refractivity contribution is 5.98. The minimum atomic E-state index is 0.0218. The topological polar surface area (TPSA) is 51.1 Å². The molecule has 1 aromatic heterocycles. The van der Waals surface area contributed by atoms with Crippen LogP contribution in [-0.4, -0.2) is 22.3 Å². The van der Waals surface area contributed by atoms with Gasteiger partial charge in [-0.3, -0.25) is 9.59 Å². The predicted molar refractivity (Wildman–Crippen MR) is 74.2 cm³/mol. The number of hydrogen-bond acceptors (Lipinski definition) is 2. The first-order valence-corrected chi connectivity index (χ1v) is 7.15. The summed E-state index contributed by atoms with van der Waals surface area (Å²) in [5.74, 6) is 0.230. The summed E-state index contributed by atoms with van der Waals surface area (Å²) in [4.78, 5) is 23.7. The van der Waals surface area contributed by atoms with Crippen LogP contribution in [0.2, 0.25) is 0 Å². The number of nitrogens with one attached hydrogen (secondary N) is 1. The van der Waals surface area contributed by atoms with Gasteiger partial charge in [-0.05, 0) is 31.2 Å². The zero-order valence-electron chi connectivity index (χ0n) is 11.7. The van der Waals surface area contributed by atoms with E-state index in [2.05, 4.69) is 19.2 Å². The van der Waals surface area contributed by atoms with Gasteiger partial charge in [0.15, 0.2) is 5.78 Å². The maximum absolute atomic E-state index is 11.9. The summed E-state index contributed by atoms with van der Waals surface area (Å²) in [5, 5.41) is 3.01. The highest BCUT2D eigenvalue weighted by Crippen LogP contribution is 2.21. The van der Waals surface area contributed by atoms with Crippen molar-refractivity contribution < 1.29 is 9.59 Å². The first-order chi connectivity index (χ1) is 9.13. The van der Waals surface area contributed by atoms with E-state index in [1.165, 1.54) is 0 Å². The van der Waals surface area contributed by atoms with Gasteiger partial charge in [-0.15, -0.1) is 0 Å². The van der Waals surface area contributed by atoms with Gasteiger partial charge in [-0.2, -0.15) is 0 Å². The van der Waals surface area contributed by atoms with Crippen molar-refractivity contribution in [2.24, 2.45) is 0 Å². The van der Waals surface area contributed by atoms with E-state index in [0.29, 0.717) is 13.0 Å². The Bertz CT molecular complexity index is 472. The molecule has 104 valence electrons. The molecular weight excluding hydrogens is 240 g/mol. The van der Waals surface area contributed by atoms with Gasteiger partial charge >= 0.3 is 0 Å². The van der Waals surface area contributed by atoms with Gasteiger partial charge in [0.2, 0.25) is 5.91 Å². The molecule has 2 rings (SSSR count). The maximum Gasteiger partial charge on any atom is 0.240 e. The van der Waals surface area contributed by atoms with E-state index in [9.17, 15) is 9.59 Å². The molecule has 0 bridgehead atoms. The molecule has 1 aromatic rings. The molecule has 1 N–H and O–H groups in total. The van der Waals surface area contributed by atoms with Crippen molar-refractivity contribution in [1.29, 1.82) is 0 Å². The van der Waals surface area contributed by atoms with Gasteiger partial charge in [0, 0.05) is 30.4 Å². The van der Waals surface area contributed by atoms with Gasteiger partial charge in [-0.25, -0.2) is 0 Å². The lowest BCUT2D eigenvalue weighted by Gasteiger charge is -2.14. The minimum Gasteiger partial charge on any atom is -0.352 e. The Morgan fingerprint density at radius 3 is 2.68 bits per heavy atom. The Balaban J connectivity index is 2.00. The van der Waals surface area contributed by atoms with E-state index >= 15 is 0 Å². The fourth-order valence-corrected chi connectivity index (χ4v) is 2.60. The maximum atomic E-state index is 11.9. The second-order valence-electron chi connectivity index (χ2n) is 5.23. The zero-order valence-corrected chi connectivity index (χ0v) is 11.7. The summed E-state index contributed by atoms with van der Waals surface area (Å²) in [7, 11) is 0. The standard InChI is InChI=1S/C15H22N2O2/c1-3-12(4-2)16-15(19)10-17-8-11-6-5-7-14(18)13(11)9-17/h8-9,12H,3-7,10H2,1-2H3,(H,16,19). The van der Waals surface area contributed by atoms with Crippen molar-refractivity contribution in [2.45, 2.75) is 58.5 Å². The molecule has 4 heteroatoms. The first-order valence-electron chi connectivity index (χ1n) is 7.15. The number of rotatable bonds is 5. The van der Waals surface area contributed by atoms with Crippen LogP contribution in [0.5, 0.6) is 0 Å². The van der Waals surface area contributed by atoms with Gasteiger partial charge in [0.25, 0.3) is 0 Å². The lowest BCUT2D eigenvalue weighted by atomic mass is 9.95. The normalized spacial score (nSPS) is 14.6. The third-order valence-electron chi connectivity index (χ3n) is 3.79. The second kappa shape index (κ2) is 6.04. The summed E-state index contributed by atoms with van der Waals surface area (Å²) >= 11 is 0. The van der Waals surface area contributed by atoms with Crippen LogP contribution < -0.4 is 5.32 Å². The molecule has 0 atom stereocenters. The summed E-state index contributed by atoms with van der Waals surface area (Å²) in [6.45, 7) is 4.44. The number of carbonyl (C=O) groups excluding carboxylic acids is 2. The van der Waals surface area contributed by atoms with Crippen LogP contribution in [0.4, 0.5) is 0 Å². The van der Waals surface area contributed by atoms with Crippen molar-refractivity contribution >= 4 is 11.7 Å². The van der Waals surface area contributed by atoms with E-state index < -0.39 is 0 Å². The molecule has 0 unspecified atom stereocenters. The predicted octanol–water partition coefficient (Wildman–Crippen LogP) is 2.31. The number of carbonyl (C=O) groups is 2. The number of ketones is 1. The molecule has 0 spiro atoms. The van der Waals surface area contributed by atoms with Crippen molar-refractivity contribution in [1.82, 2.24) is 9.88 Å². The van der Waals surface area contributed by atoms with Crippen molar-refractivity contribution in [3.05, 3.63) is 23.5 Å². The van der Waals surface area contributed by atoms with E-state index in [-0.39, 0.29) is 17.7 Å². The summed E-state index contributed by atoms with van der Waals surface area (Å²) < 4.78 is 1.84. The first kappa shape index (κ1) is 13.8. The van der Waals surface area contributed by atoms with Crippen LogP contribution in [0.1, 0.15) is 55.5 Å². The highest BCUT2D eigenvalue weighted by Gasteiger charge is 2.19. The lowest BCUT2D eigenvalue weighted by molar-refractivity contribution is -0.122. The van der Waals surface area contributed by atoms with Gasteiger partial charge in [0.1, 0.15) is 6.54 Å². The Morgan fingerprint density at radius 1 is 1.32 bits per heavy atom. The fraction of sp³-hybridized carbons (Fsp3) is 0.600. The van der Waals surface area contributed by atoms with Crippen LogP contribution in [0, 0.1) is 0 Å². The second-order valence-corrected chi connectivity index (χ2v) is 5.23. The average Bonchev–Trinajstić information content (AvgIpc) is 2.79. The summed E-state index contributed by atoms with van der Waals surface area (Å²) in [5.41, 5.74) is 1.90. The number of amides is 1. The van der Waals surface area contributed by atoms with E-state index in [1.807, 2.05) is 17.0 Å². The van der Waals surface area contributed by atoms with Crippen molar-refractivity contribution in [3.8, 4) is 0 Å². The molecule has 1 amide bonds. The molecule has 0 radical (unpaired) electrons. The monoisotopic (exact) mass is 262 g/mol. The Kier molecular flexibility index (Phi) is 4.40. The largest absolute Gasteiger partial charge is 0.352 e. The third kappa shape index (κ3) is 3.25. The fourth-order valence-electron chi connectivity index (χ4n) is 2.60. The van der Waals surface area contributed by atoms with Crippen molar-refractivity contribution in [3.63, 3.8) is 0 Å². The summed E-state index contributed by atoms with van der Waals surface area (Å²) in [6.07, 6.45) is 8.17. The van der Waals surface area contributed by atoms with Crippen LogP contribution >= 0.6 is 0 Å². The molecule has 0 saturated heterocycles. The van der Waals surface area contributed by atoms with E-state index in [0.717, 1.165) is 36.8 Å². The third-order valence-corrected chi connectivity index (χ3v) is 3.79. The molecule has 1 aliphatic rings. The molecule has 0 aromatic carbocycles. The number of Topliss-reactive ketones (excluding diaryl/α,β-unsaturated/α-hetero) is 1. The average molecular weight is 262 g/mol. The Hall–Kier alpha value is -1.58. The molecule has 0 aliphatic heterocycles. The minimum absolute atomic E-state index is 0.0218. The molecule has 1 aliphatic carbocycles. The van der Waals surface area contributed by atoms with Gasteiger partial charge < -0.3 is 9.88 Å². The Labute approximate surface area is 114 Å². The zero-order chi connectivity index (χ0) is 13.8. The molecule has 19 heavy (non-hydrogen) atoms. The number of fused-ring (bicyclic) bond motifs is 1. The number of hydrogen-bond donors (Lipinski definition) is 1. The smallest absolute Gasteiger partial charge is 0.240 e. The lowest BCUT2D eigenvalue weighted by Crippen LogP contribution is -2.36. The quantitative estimate of drug-likeness (QED) is 0.885. The summed E-state index contributed by atoms with van der Waals surface area (Å²) in [6, 6.07) is 0.249. The number of aryl methyl sites for hydroxylation is 1. The molecule has 1 heterocycles. The van der Waals surface area contributed by atoms with Crippen LogP contribution in [0.15, 0.2) is 12.4 Å². The molecule has 0 saturated carbocycles. The van der Waals surface area contributed by atoms with E-state index in [4.69, 9.17) is 0 Å². The SMILES string of the molecule is CCC(CC)NC(=O)Cn1cc2c(c1)C(=O)CCC2. The van der Waals surface area contributed by atoms with Crippen LogP contribution in [0.25, 0.3) is 0 Å². The number of aromatic nitrogens is 1. The van der Waals surface area contributed by atoms with Crippen LogP contribution in [0.3, 0.4) is 0 Å². The molecule has 4 nitrogen and oxygen atoms in total. The highest BCUT2D eigenvalue weighted by atomic mass is 16.2. The Morgan fingerprint density at radius 2 is 2.05 bits per heavy atom.